The van der Waals surface area contributed by atoms with Gasteiger partial charge in [-0.05, 0) is 44.2 Å². The van der Waals surface area contributed by atoms with Crippen LogP contribution in [0.4, 0.5) is 0 Å². The summed E-state index contributed by atoms with van der Waals surface area (Å²) in [5.74, 6) is 1.72. The molecule has 18 heavy (non-hydrogen) atoms. The van der Waals surface area contributed by atoms with Gasteiger partial charge in [-0.1, -0.05) is 27.7 Å². The van der Waals surface area contributed by atoms with E-state index in [1.54, 1.807) is 0 Å². The fraction of sp³-hybridized carbons (Fsp3) is 0.933. The van der Waals surface area contributed by atoms with Gasteiger partial charge in [-0.25, -0.2) is 0 Å². The van der Waals surface area contributed by atoms with Crippen LogP contribution in [0.15, 0.2) is 0 Å². The zero-order chi connectivity index (χ0) is 13.5. The number of carbonyl (C=O) groups is 1. The fourth-order valence-corrected chi connectivity index (χ4v) is 2.41. The van der Waals surface area contributed by atoms with Crippen LogP contribution in [0.1, 0.15) is 47.0 Å². The molecule has 0 spiro atoms. The zero-order valence-corrected chi connectivity index (χ0v) is 12.5. The minimum Gasteiger partial charge on any atom is -0.356 e. The Kier molecular flexibility index (Phi) is 6.69. The van der Waals surface area contributed by atoms with Crippen LogP contribution < -0.4 is 5.32 Å². The number of hydrogen-bond acceptors (Lipinski definition) is 2. The standard InChI is InChI=1S/C15H30N2O/c1-12(2)7-9-17-8-5-6-14(11-17)10-16-15(18)13(3)4/h12-14H,5-11H2,1-4H3,(H,16,18). The third-order valence-electron chi connectivity index (χ3n) is 3.72. The first-order valence-electron chi connectivity index (χ1n) is 7.49. The topological polar surface area (TPSA) is 32.3 Å². The summed E-state index contributed by atoms with van der Waals surface area (Å²) >= 11 is 0. The van der Waals surface area contributed by atoms with E-state index < -0.39 is 0 Å². The van der Waals surface area contributed by atoms with Crippen molar-refractivity contribution < 1.29 is 4.79 Å². The van der Waals surface area contributed by atoms with E-state index in [1.165, 1.54) is 32.4 Å². The van der Waals surface area contributed by atoms with Crippen LogP contribution in [-0.4, -0.2) is 37.0 Å². The Morgan fingerprint density at radius 1 is 1.33 bits per heavy atom. The molecule has 1 aliphatic heterocycles. The van der Waals surface area contributed by atoms with Gasteiger partial charge in [0.2, 0.25) is 5.91 Å². The lowest BCUT2D eigenvalue weighted by atomic mass is 9.97. The SMILES string of the molecule is CC(C)CCN1CCCC(CNC(=O)C(C)C)C1. The van der Waals surface area contributed by atoms with E-state index in [9.17, 15) is 4.79 Å². The molecule has 1 aliphatic rings. The molecule has 1 amide bonds. The highest BCUT2D eigenvalue weighted by Gasteiger charge is 2.20. The van der Waals surface area contributed by atoms with Crippen molar-refractivity contribution in [2.45, 2.75) is 47.0 Å². The molecule has 1 saturated heterocycles. The van der Waals surface area contributed by atoms with E-state index in [0.717, 1.165) is 19.0 Å². The van der Waals surface area contributed by atoms with Crippen molar-refractivity contribution in [3.05, 3.63) is 0 Å². The van der Waals surface area contributed by atoms with Crippen molar-refractivity contribution in [3.63, 3.8) is 0 Å². The molecule has 0 aromatic carbocycles. The van der Waals surface area contributed by atoms with Gasteiger partial charge in [0.15, 0.2) is 0 Å². The maximum atomic E-state index is 11.6. The highest BCUT2D eigenvalue weighted by molar-refractivity contribution is 5.77. The Labute approximate surface area is 112 Å². The van der Waals surface area contributed by atoms with Crippen LogP contribution in [0.2, 0.25) is 0 Å². The maximum absolute atomic E-state index is 11.6. The molecule has 0 saturated carbocycles. The number of hydrogen-bond donors (Lipinski definition) is 1. The molecular weight excluding hydrogens is 224 g/mol. The van der Waals surface area contributed by atoms with Crippen molar-refractivity contribution in [1.29, 1.82) is 0 Å². The van der Waals surface area contributed by atoms with Crippen molar-refractivity contribution in [2.75, 3.05) is 26.2 Å². The minimum absolute atomic E-state index is 0.102. The van der Waals surface area contributed by atoms with Crippen molar-refractivity contribution in [3.8, 4) is 0 Å². The summed E-state index contributed by atoms with van der Waals surface area (Å²) in [5, 5.41) is 3.07. The number of nitrogens with one attached hydrogen (secondary N) is 1. The minimum atomic E-state index is 0.102. The molecule has 3 heteroatoms. The first-order chi connectivity index (χ1) is 8.49. The van der Waals surface area contributed by atoms with Gasteiger partial charge in [-0.2, -0.15) is 0 Å². The van der Waals surface area contributed by atoms with Gasteiger partial charge in [-0.15, -0.1) is 0 Å². The summed E-state index contributed by atoms with van der Waals surface area (Å²) in [6, 6.07) is 0. The molecule has 1 N–H and O–H groups in total. The van der Waals surface area contributed by atoms with Gasteiger partial charge in [0.25, 0.3) is 0 Å². The number of nitrogens with zero attached hydrogens (tertiary/aromatic N) is 1. The van der Waals surface area contributed by atoms with E-state index >= 15 is 0 Å². The Balaban J connectivity index is 2.24. The molecule has 1 unspecified atom stereocenters. The van der Waals surface area contributed by atoms with Crippen LogP contribution in [0.3, 0.4) is 0 Å². The molecule has 1 rings (SSSR count). The molecule has 0 aliphatic carbocycles. The highest BCUT2D eigenvalue weighted by atomic mass is 16.1. The average Bonchev–Trinajstić information content (AvgIpc) is 2.33. The number of amides is 1. The Morgan fingerprint density at radius 2 is 2.06 bits per heavy atom. The number of likely N-dealkylation sites (tertiary alicyclic amines) is 1. The summed E-state index contributed by atoms with van der Waals surface area (Å²) in [6.45, 7) is 12.9. The van der Waals surface area contributed by atoms with Crippen LogP contribution >= 0.6 is 0 Å². The quantitative estimate of drug-likeness (QED) is 0.790. The molecule has 106 valence electrons. The second kappa shape index (κ2) is 7.78. The molecular formula is C15H30N2O. The monoisotopic (exact) mass is 254 g/mol. The molecule has 0 radical (unpaired) electrons. The lowest BCUT2D eigenvalue weighted by molar-refractivity contribution is -0.124. The molecule has 1 atom stereocenters. The van der Waals surface area contributed by atoms with E-state index in [4.69, 9.17) is 0 Å². The molecule has 1 heterocycles. The predicted molar refractivity (Wildman–Crippen MR) is 76.5 cm³/mol. The second-order valence-electron chi connectivity index (χ2n) is 6.39. The third kappa shape index (κ3) is 5.85. The van der Waals surface area contributed by atoms with E-state index in [-0.39, 0.29) is 11.8 Å². The Bertz CT molecular complexity index is 251. The Morgan fingerprint density at radius 3 is 2.67 bits per heavy atom. The van der Waals surface area contributed by atoms with Gasteiger partial charge < -0.3 is 10.2 Å². The predicted octanol–water partition coefficient (Wildman–Crippen LogP) is 2.52. The van der Waals surface area contributed by atoms with E-state index in [0.29, 0.717) is 5.92 Å². The fourth-order valence-electron chi connectivity index (χ4n) is 2.41. The number of piperidine rings is 1. The highest BCUT2D eigenvalue weighted by Crippen LogP contribution is 2.17. The van der Waals surface area contributed by atoms with Crippen LogP contribution in [0.25, 0.3) is 0 Å². The molecule has 0 bridgehead atoms. The average molecular weight is 254 g/mol. The molecule has 3 nitrogen and oxygen atoms in total. The summed E-state index contributed by atoms with van der Waals surface area (Å²) in [6.07, 6.45) is 3.82. The zero-order valence-electron chi connectivity index (χ0n) is 12.5. The number of carbonyl (C=O) groups excluding carboxylic acids is 1. The lowest BCUT2D eigenvalue weighted by Crippen LogP contribution is -2.42. The molecule has 0 aromatic heterocycles. The van der Waals surface area contributed by atoms with E-state index in [1.807, 2.05) is 13.8 Å². The Hall–Kier alpha value is -0.570. The summed E-state index contributed by atoms with van der Waals surface area (Å²) in [4.78, 5) is 14.1. The van der Waals surface area contributed by atoms with Gasteiger partial charge >= 0.3 is 0 Å². The van der Waals surface area contributed by atoms with Gasteiger partial charge in [0.05, 0.1) is 0 Å². The van der Waals surface area contributed by atoms with E-state index in [2.05, 4.69) is 24.1 Å². The number of rotatable bonds is 6. The van der Waals surface area contributed by atoms with Crippen LogP contribution in [-0.2, 0) is 4.79 Å². The van der Waals surface area contributed by atoms with Gasteiger partial charge in [0, 0.05) is 19.0 Å². The summed E-state index contributed by atoms with van der Waals surface area (Å²) < 4.78 is 0. The second-order valence-corrected chi connectivity index (χ2v) is 6.39. The smallest absolute Gasteiger partial charge is 0.222 e. The first-order valence-corrected chi connectivity index (χ1v) is 7.49. The molecule has 1 fully saturated rings. The van der Waals surface area contributed by atoms with Gasteiger partial charge in [0.1, 0.15) is 0 Å². The lowest BCUT2D eigenvalue weighted by Gasteiger charge is -2.33. The largest absolute Gasteiger partial charge is 0.356 e. The van der Waals surface area contributed by atoms with Crippen molar-refractivity contribution in [2.24, 2.45) is 17.8 Å². The molecule has 0 aromatic rings. The normalized spacial score (nSPS) is 21.6. The summed E-state index contributed by atoms with van der Waals surface area (Å²) in [5.41, 5.74) is 0. The van der Waals surface area contributed by atoms with Gasteiger partial charge in [-0.3, -0.25) is 4.79 Å². The van der Waals surface area contributed by atoms with Crippen molar-refractivity contribution in [1.82, 2.24) is 10.2 Å². The van der Waals surface area contributed by atoms with Crippen LogP contribution in [0.5, 0.6) is 0 Å². The first kappa shape index (κ1) is 15.5. The van der Waals surface area contributed by atoms with Crippen molar-refractivity contribution >= 4 is 5.91 Å². The maximum Gasteiger partial charge on any atom is 0.222 e. The van der Waals surface area contributed by atoms with Crippen LogP contribution in [0, 0.1) is 17.8 Å². The third-order valence-corrected chi connectivity index (χ3v) is 3.72. The summed E-state index contributed by atoms with van der Waals surface area (Å²) in [7, 11) is 0.